The molecule has 2 aromatic rings. The van der Waals surface area contributed by atoms with Crippen LogP contribution in [0.2, 0.25) is 0 Å². The molecule has 0 aliphatic heterocycles. The van der Waals surface area contributed by atoms with E-state index in [0.29, 0.717) is 12.2 Å². The molecule has 0 saturated carbocycles. The third-order valence-corrected chi connectivity index (χ3v) is 3.72. The van der Waals surface area contributed by atoms with Gasteiger partial charge in [-0.15, -0.1) is 0 Å². The lowest BCUT2D eigenvalue weighted by Gasteiger charge is -2.09. The molecule has 0 unspecified atom stereocenters. The molecule has 0 aliphatic carbocycles. The van der Waals surface area contributed by atoms with E-state index in [1.807, 2.05) is 31.2 Å². The first-order valence-electron chi connectivity index (χ1n) is 5.79. The number of nitriles is 1. The molecule has 4 heteroatoms. The smallest absolute Gasteiger partial charge is 0.143 e. The van der Waals surface area contributed by atoms with Gasteiger partial charge in [-0.25, -0.2) is 4.39 Å². The van der Waals surface area contributed by atoms with E-state index in [1.54, 1.807) is 12.1 Å². The summed E-state index contributed by atoms with van der Waals surface area (Å²) in [5, 5.41) is 12.0. The van der Waals surface area contributed by atoms with Gasteiger partial charge in [-0.2, -0.15) is 5.26 Å². The molecule has 0 aromatic heterocycles. The van der Waals surface area contributed by atoms with Gasteiger partial charge in [-0.1, -0.05) is 34.1 Å². The van der Waals surface area contributed by atoms with E-state index in [2.05, 4.69) is 21.2 Å². The highest BCUT2D eigenvalue weighted by Gasteiger charge is 2.07. The molecule has 0 saturated heterocycles. The van der Waals surface area contributed by atoms with Gasteiger partial charge in [-0.05, 0) is 36.2 Å². The Bertz CT molecular complexity index is 647. The number of nitrogens with zero attached hydrogens (tertiary/aromatic N) is 1. The summed E-state index contributed by atoms with van der Waals surface area (Å²) in [6.45, 7) is 2.56. The maximum Gasteiger partial charge on any atom is 0.143 e. The molecular weight excluding hydrogens is 307 g/mol. The number of hydrogen-bond acceptors (Lipinski definition) is 2. The summed E-state index contributed by atoms with van der Waals surface area (Å²) in [6, 6.07) is 12.5. The number of benzene rings is 2. The van der Waals surface area contributed by atoms with Crippen molar-refractivity contribution in [2.75, 3.05) is 5.32 Å². The molecule has 0 heterocycles. The van der Waals surface area contributed by atoms with Crippen LogP contribution in [-0.4, -0.2) is 0 Å². The average Bonchev–Trinajstić information content (AvgIpc) is 2.40. The quantitative estimate of drug-likeness (QED) is 0.911. The molecule has 0 amide bonds. The van der Waals surface area contributed by atoms with E-state index in [0.717, 1.165) is 15.6 Å². The van der Waals surface area contributed by atoms with Crippen LogP contribution in [0.1, 0.15) is 16.7 Å². The standard InChI is InChI=1S/C15H12BrFN2/c1-10-7-11(5-6-13(10)16)9-19-15-4-2-3-14(17)12(15)8-18/h2-7,19H,9H2,1H3. The molecular formula is C15H12BrFN2. The monoisotopic (exact) mass is 318 g/mol. The number of nitrogens with one attached hydrogen (secondary N) is 1. The Labute approximate surface area is 120 Å². The second-order valence-electron chi connectivity index (χ2n) is 4.21. The van der Waals surface area contributed by atoms with Gasteiger partial charge < -0.3 is 5.32 Å². The molecule has 0 aliphatic rings. The Kier molecular flexibility index (Phi) is 4.18. The van der Waals surface area contributed by atoms with E-state index in [9.17, 15) is 4.39 Å². The zero-order chi connectivity index (χ0) is 13.8. The van der Waals surface area contributed by atoms with Crippen molar-refractivity contribution in [3.63, 3.8) is 0 Å². The average molecular weight is 319 g/mol. The van der Waals surface area contributed by atoms with Crippen molar-refractivity contribution in [1.82, 2.24) is 0 Å². The summed E-state index contributed by atoms with van der Waals surface area (Å²) in [5.41, 5.74) is 2.78. The summed E-state index contributed by atoms with van der Waals surface area (Å²) < 4.78 is 14.5. The van der Waals surface area contributed by atoms with Crippen LogP contribution in [0, 0.1) is 24.1 Å². The minimum absolute atomic E-state index is 0.0522. The number of rotatable bonds is 3. The maximum atomic E-state index is 13.4. The van der Waals surface area contributed by atoms with Crippen molar-refractivity contribution in [3.05, 3.63) is 63.4 Å². The second kappa shape index (κ2) is 5.85. The lowest BCUT2D eigenvalue weighted by molar-refractivity contribution is 0.624. The lowest BCUT2D eigenvalue weighted by atomic mass is 10.1. The molecule has 0 bridgehead atoms. The fourth-order valence-corrected chi connectivity index (χ4v) is 2.05. The minimum Gasteiger partial charge on any atom is -0.380 e. The van der Waals surface area contributed by atoms with Crippen molar-refractivity contribution in [2.45, 2.75) is 13.5 Å². The summed E-state index contributed by atoms with van der Waals surface area (Å²) in [6.07, 6.45) is 0. The SMILES string of the molecule is Cc1cc(CNc2cccc(F)c2C#N)ccc1Br. The Balaban J connectivity index is 2.17. The van der Waals surface area contributed by atoms with E-state index < -0.39 is 5.82 Å². The van der Waals surface area contributed by atoms with E-state index in [4.69, 9.17) is 5.26 Å². The first kappa shape index (κ1) is 13.6. The van der Waals surface area contributed by atoms with Crippen molar-refractivity contribution >= 4 is 21.6 Å². The molecule has 2 rings (SSSR count). The minimum atomic E-state index is -0.500. The normalized spacial score (nSPS) is 10.0. The highest BCUT2D eigenvalue weighted by Crippen LogP contribution is 2.20. The predicted molar refractivity (Wildman–Crippen MR) is 77.3 cm³/mol. The van der Waals surface area contributed by atoms with Crippen molar-refractivity contribution in [3.8, 4) is 6.07 Å². The first-order valence-corrected chi connectivity index (χ1v) is 6.58. The first-order chi connectivity index (χ1) is 9.11. The molecule has 0 radical (unpaired) electrons. The van der Waals surface area contributed by atoms with Gasteiger partial charge in [0.25, 0.3) is 0 Å². The molecule has 0 fully saturated rings. The van der Waals surface area contributed by atoms with Crippen molar-refractivity contribution < 1.29 is 4.39 Å². The number of aryl methyl sites for hydroxylation is 1. The molecule has 2 aromatic carbocycles. The Hall–Kier alpha value is -1.86. The van der Waals surface area contributed by atoms with Crippen LogP contribution in [0.3, 0.4) is 0 Å². The fraction of sp³-hybridized carbons (Fsp3) is 0.133. The van der Waals surface area contributed by atoms with Crippen LogP contribution in [0.15, 0.2) is 40.9 Å². The molecule has 1 N–H and O–H groups in total. The third kappa shape index (κ3) is 3.12. The Morgan fingerprint density at radius 3 is 2.79 bits per heavy atom. The van der Waals surface area contributed by atoms with Gasteiger partial charge in [0, 0.05) is 11.0 Å². The Morgan fingerprint density at radius 2 is 2.11 bits per heavy atom. The van der Waals surface area contributed by atoms with Gasteiger partial charge in [0.05, 0.1) is 5.69 Å². The summed E-state index contributed by atoms with van der Waals surface area (Å²) in [4.78, 5) is 0. The molecule has 96 valence electrons. The third-order valence-electron chi connectivity index (χ3n) is 2.83. The predicted octanol–water partition coefficient (Wildman–Crippen LogP) is 4.38. The number of halogens is 2. The number of hydrogen-bond donors (Lipinski definition) is 1. The van der Waals surface area contributed by atoms with Crippen molar-refractivity contribution in [2.24, 2.45) is 0 Å². The topological polar surface area (TPSA) is 35.8 Å². The van der Waals surface area contributed by atoms with Crippen LogP contribution in [0.5, 0.6) is 0 Å². The summed E-state index contributed by atoms with van der Waals surface area (Å²) >= 11 is 3.44. The van der Waals surface area contributed by atoms with Crippen LogP contribution < -0.4 is 5.32 Å². The summed E-state index contributed by atoms with van der Waals surface area (Å²) in [5.74, 6) is -0.500. The largest absolute Gasteiger partial charge is 0.380 e. The molecule has 19 heavy (non-hydrogen) atoms. The van der Waals surface area contributed by atoms with E-state index >= 15 is 0 Å². The van der Waals surface area contributed by atoms with E-state index in [-0.39, 0.29) is 5.56 Å². The molecule has 2 nitrogen and oxygen atoms in total. The van der Waals surface area contributed by atoms with Gasteiger partial charge in [0.2, 0.25) is 0 Å². The second-order valence-corrected chi connectivity index (χ2v) is 5.07. The van der Waals surface area contributed by atoms with Crippen LogP contribution >= 0.6 is 15.9 Å². The van der Waals surface area contributed by atoms with Gasteiger partial charge >= 0.3 is 0 Å². The molecule has 0 spiro atoms. The van der Waals surface area contributed by atoms with Gasteiger partial charge in [0.1, 0.15) is 17.4 Å². The van der Waals surface area contributed by atoms with Crippen LogP contribution in [0.4, 0.5) is 10.1 Å². The fourth-order valence-electron chi connectivity index (χ4n) is 1.80. The zero-order valence-electron chi connectivity index (χ0n) is 10.4. The highest BCUT2D eigenvalue weighted by atomic mass is 79.9. The Morgan fingerprint density at radius 1 is 1.32 bits per heavy atom. The van der Waals surface area contributed by atoms with Gasteiger partial charge in [-0.3, -0.25) is 0 Å². The zero-order valence-corrected chi connectivity index (χ0v) is 12.0. The lowest BCUT2D eigenvalue weighted by Crippen LogP contribution is -2.02. The van der Waals surface area contributed by atoms with Gasteiger partial charge in [0.15, 0.2) is 0 Å². The summed E-state index contributed by atoms with van der Waals surface area (Å²) in [7, 11) is 0. The highest BCUT2D eigenvalue weighted by molar-refractivity contribution is 9.10. The van der Waals surface area contributed by atoms with Crippen LogP contribution in [0.25, 0.3) is 0 Å². The van der Waals surface area contributed by atoms with Crippen molar-refractivity contribution in [1.29, 1.82) is 5.26 Å². The molecule has 0 atom stereocenters. The van der Waals surface area contributed by atoms with Crippen LogP contribution in [-0.2, 0) is 6.54 Å². The maximum absolute atomic E-state index is 13.4. The van der Waals surface area contributed by atoms with E-state index in [1.165, 1.54) is 6.07 Å². The number of anilines is 1.